The predicted molar refractivity (Wildman–Crippen MR) is 125 cm³/mol. The second-order valence-corrected chi connectivity index (χ2v) is 9.96. The summed E-state index contributed by atoms with van der Waals surface area (Å²) in [5.41, 5.74) is 8.43. The van der Waals surface area contributed by atoms with Gasteiger partial charge in [-0.1, -0.05) is 57.9 Å². The van der Waals surface area contributed by atoms with Crippen LogP contribution >= 0.6 is 27.5 Å². The van der Waals surface area contributed by atoms with Crippen LogP contribution in [0.2, 0.25) is 5.02 Å². The molecule has 0 saturated carbocycles. The smallest absolute Gasteiger partial charge is 0.229 e. The van der Waals surface area contributed by atoms with E-state index >= 15 is 0 Å². The second kappa shape index (κ2) is 9.39. The molecular weight excluding hydrogens is 462 g/mol. The van der Waals surface area contributed by atoms with Gasteiger partial charge >= 0.3 is 0 Å². The van der Waals surface area contributed by atoms with Crippen LogP contribution in [0, 0.1) is 5.41 Å². The van der Waals surface area contributed by atoms with Gasteiger partial charge in [-0.05, 0) is 74.6 Å². The Kier molecular flexibility index (Phi) is 6.83. The largest absolute Gasteiger partial charge is 0.338 e. The lowest BCUT2D eigenvalue weighted by Crippen LogP contribution is -2.45. The van der Waals surface area contributed by atoms with Crippen LogP contribution < -0.4 is 5.73 Å². The molecular formula is C24H29BrClN3O. The molecule has 0 aromatic heterocycles. The molecule has 2 fully saturated rings. The highest BCUT2D eigenvalue weighted by molar-refractivity contribution is 9.10. The van der Waals surface area contributed by atoms with Crippen molar-refractivity contribution in [2.75, 3.05) is 26.2 Å². The molecule has 0 radical (unpaired) electrons. The molecule has 2 aromatic rings. The third-order valence-corrected chi connectivity index (χ3v) is 7.63. The molecule has 2 heterocycles. The average Bonchev–Trinajstić information content (AvgIpc) is 3.05. The fourth-order valence-corrected chi connectivity index (χ4v) is 5.32. The molecule has 1 spiro atoms. The summed E-state index contributed by atoms with van der Waals surface area (Å²) in [6, 6.07) is 16.0. The number of hydrogen-bond acceptors (Lipinski definition) is 3. The molecule has 30 heavy (non-hydrogen) atoms. The van der Waals surface area contributed by atoms with Gasteiger partial charge < -0.3 is 15.5 Å². The summed E-state index contributed by atoms with van der Waals surface area (Å²) in [4.78, 5) is 17.7. The third kappa shape index (κ3) is 4.75. The topological polar surface area (TPSA) is 49.6 Å². The van der Waals surface area contributed by atoms with Crippen LogP contribution in [0.25, 0.3) is 0 Å². The Labute approximate surface area is 192 Å². The average molecular weight is 491 g/mol. The first kappa shape index (κ1) is 21.8. The van der Waals surface area contributed by atoms with Gasteiger partial charge in [-0.3, -0.25) is 4.79 Å². The van der Waals surface area contributed by atoms with Gasteiger partial charge in [0.1, 0.15) is 0 Å². The molecule has 1 unspecified atom stereocenters. The zero-order valence-corrected chi connectivity index (χ0v) is 19.5. The molecule has 0 aliphatic carbocycles. The molecule has 4 rings (SSSR count). The summed E-state index contributed by atoms with van der Waals surface area (Å²) >= 11 is 9.75. The highest BCUT2D eigenvalue weighted by atomic mass is 79.9. The predicted octanol–water partition coefficient (Wildman–Crippen LogP) is 5.01. The normalized spacial score (nSPS) is 20.1. The quantitative estimate of drug-likeness (QED) is 0.619. The van der Waals surface area contributed by atoms with E-state index in [0.717, 1.165) is 66.9 Å². The summed E-state index contributed by atoms with van der Waals surface area (Å²) in [5, 5.41) is 0.741. The van der Waals surface area contributed by atoms with Gasteiger partial charge in [-0.2, -0.15) is 0 Å². The Balaban J connectivity index is 1.28. The first-order valence-corrected chi connectivity index (χ1v) is 11.9. The number of benzene rings is 2. The van der Waals surface area contributed by atoms with Crippen molar-refractivity contribution >= 4 is 33.4 Å². The first-order valence-electron chi connectivity index (χ1n) is 10.7. The Morgan fingerprint density at radius 3 is 2.40 bits per heavy atom. The minimum Gasteiger partial charge on any atom is -0.338 e. The summed E-state index contributed by atoms with van der Waals surface area (Å²) in [7, 11) is 0. The Morgan fingerprint density at radius 2 is 1.70 bits per heavy atom. The number of nitrogens with zero attached hydrogens (tertiary/aromatic N) is 2. The molecule has 4 nitrogen and oxygen atoms in total. The van der Waals surface area contributed by atoms with E-state index in [4.69, 9.17) is 17.3 Å². The van der Waals surface area contributed by atoms with Gasteiger partial charge in [0.15, 0.2) is 0 Å². The lowest BCUT2D eigenvalue weighted by Gasteiger charge is -2.38. The van der Waals surface area contributed by atoms with E-state index in [1.807, 2.05) is 41.3 Å². The number of carbonyl (C=O) groups is 1. The van der Waals surface area contributed by atoms with Crippen LogP contribution in [0.15, 0.2) is 53.0 Å². The lowest BCUT2D eigenvalue weighted by molar-refractivity contribution is -0.138. The molecule has 2 saturated heterocycles. The molecule has 2 N–H and O–H groups in total. The highest BCUT2D eigenvalue weighted by Gasteiger charge is 2.47. The van der Waals surface area contributed by atoms with E-state index in [1.165, 1.54) is 5.56 Å². The number of carbonyl (C=O) groups excluding carboxylic acids is 1. The molecule has 1 amide bonds. The summed E-state index contributed by atoms with van der Waals surface area (Å²) < 4.78 is 1.07. The second-order valence-electron chi connectivity index (χ2n) is 8.64. The van der Waals surface area contributed by atoms with Crippen molar-refractivity contribution in [2.24, 2.45) is 11.1 Å². The molecule has 2 aliphatic heterocycles. The zero-order chi connectivity index (χ0) is 21.1. The van der Waals surface area contributed by atoms with Crippen molar-refractivity contribution in [3.05, 3.63) is 69.2 Å². The minimum absolute atomic E-state index is 0.0518. The van der Waals surface area contributed by atoms with Gasteiger partial charge in [-0.25, -0.2) is 0 Å². The van der Waals surface area contributed by atoms with E-state index in [2.05, 4.69) is 33.0 Å². The number of rotatable bonds is 6. The molecule has 6 heteroatoms. The standard InChI is InChI=1S/C24H29BrClN3O/c25-19-7-5-18(6-8-19)17-29-16-12-24(23(29)30)10-14-28(15-11-24)13-9-22(27)20-3-1-2-4-21(20)26/h1-8,22H,9-17,27H2. The van der Waals surface area contributed by atoms with Crippen molar-refractivity contribution in [3.8, 4) is 0 Å². The third-order valence-electron chi connectivity index (χ3n) is 6.76. The van der Waals surface area contributed by atoms with Crippen molar-refractivity contribution in [1.29, 1.82) is 0 Å². The molecule has 0 bridgehead atoms. The number of halogens is 2. The number of hydrogen-bond donors (Lipinski definition) is 1. The van der Waals surface area contributed by atoms with Crippen molar-refractivity contribution < 1.29 is 4.79 Å². The van der Waals surface area contributed by atoms with Gasteiger partial charge in [0.2, 0.25) is 5.91 Å². The van der Waals surface area contributed by atoms with E-state index in [0.29, 0.717) is 12.5 Å². The van der Waals surface area contributed by atoms with Crippen molar-refractivity contribution in [1.82, 2.24) is 9.80 Å². The Bertz CT molecular complexity index is 880. The highest BCUT2D eigenvalue weighted by Crippen LogP contribution is 2.42. The monoisotopic (exact) mass is 489 g/mol. The van der Waals surface area contributed by atoms with Crippen molar-refractivity contribution in [3.63, 3.8) is 0 Å². The summed E-state index contributed by atoms with van der Waals surface area (Å²) in [5.74, 6) is 0.345. The van der Waals surface area contributed by atoms with Crippen LogP contribution in [-0.4, -0.2) is 41.9 Å². The van der Waals surface area contributed by atoms with E-state index in [1.54, 1.807) is 0 Å². The van der Waals surface area contributed by atoms with E-state index < -0.39 is 0 Å². The maximum atomic E-state index is 13.2. The number of nitrogens with two attached hydrogens (primary N) is 1. The van der Waals surface area contributed by atoms with Gasteiger partial charge in [0, 0.05) is 28.6 Å². The van der Waals surface area contributed by atoms with Crippen LogP contribution in [0.1, 0.15) is 42.9 Å². The Hall–Kier alpha value is -1.40. The zero-order valence-electron chi connectivity index (χ0n) is 17.2. The maximum absolute atomic E-state index is 13.2. The molecule has 160 valence electrons. The fourth-order valence-electron chi connectivity index (χ4n) is 4.78. The first-order chi connectivity index (χ1) is 14.5. The van der Waals surface area contributed by atoms with Crippen LogP contribution in [0.4, 0.5) is 0 Å². The van der Waals surface area contributed by atoms with Gasteiger partial charge in [0.05, 0.1) is 5.41 Å². The molecule has 2 aromatic carbocycles. The number of amides is 1. The van der Waals surface area contributed by atoms with Crippen LogP contribution in [0.3, 0.4) is 0 Å². The van der Waals surface area contributed by atoms with Crippen LogP contribution in [0.5, 0.6) is 0 Å². The van der Waals surface area contributed by atoms with Gasteiger partial charge in [-0.15, -0.1) is 0 Å². The lowest BCUT2D eigenvalue weighted by atomic mass is 9.77. The number of piperidine rings is 1. The summed E-state index contributed by atoms with van der Waals surface area (Å²) in [6.07, 6.45) is 3.75. The minimum atomic E-state index is -0.156. The maximum Gasteiger partial charge on any atom is 0.229 e. The SMILES string of the molecule is NC(CCN1CCC2(CC1)CCN(Cc1ccc(Br)cc1)C2=O)c1ccccc1Cl. The summed E-state index contributed by atoms with van der Waals surface area (Å²) in [6.45, 7) is 4.45. The van der Waals surface area contributed by atoms with Crippen molar-refractivity contribution in [2.45, 2.75) is 38.3 Å². The fraction of sp³-hybridized carbons (Fsp3) is 0.458. The van der Waals surface area contributed by atoms with E-state index in [-0.39, 0.29) is 11.5 Å². The number of likely N-dealkylation sites (tertiary alicyclic amines) is 2. The Morgan fingerprint density at radius 1 is 1.03 bits per heavy atom. The van der Waals surface area contributed by atoms with Gasteiger partial charge in [0.25, 0.3) is 0 Å². The van der Waals surface area contributed by atoms with E-state index in [9.17, 15) is 4.79 Å². The molecule has 2 aliphatic rings. The van der Waals surface area contributed by atoms with Crippen LogP contribution in [-0.2, 0) is 11.3 Å². The molecule has 1 atom stereocenters.